The predicted molar refractivity (Wildman–Crippen MR) is 334 cm³/mol. The van der Waals surface area contributed by atoms with Crippen LogP contribution in [-0.2, 0) is 19.1 Å². The van der Waals surface area contributed by atoms with E-state index in [9.17, 15) is 14.7 Å². The van der Waals surface area contributed by atoms with Crippen molar-refractivity contribution in [1.82, 2.24) is 0 Å². The second-order valence-electron chi connectivity index (χ2n) is 21.8. The van der Waals surface area contributed by atoms with E-state index in [0.29, 0.717) is 12.8 Å². The zero-order valence-corrected chi connectivity index (χ0v) is 50.3. The van der Waals surface area contributed by atoms with Crippen LogP contribution in [0.15, 0.2) is 97.2 Å². The Morgan fingerprint density at radius 2 is 0.566 bits per heavy atom. The Morgan fingerprint density at radius 3 is 0.868 bits per heavy atom. The first-order valence-electron chi connectivity index (χ1n) is 32.8. The number of allylic oxidation sites excluding steroid dienone is 16. The summed E-state index contributed by atoms with van der Waals surface area (Å²) in [7, 11) is 0. The number of carbonyl (C=O) groups excluding carboxylic acids is 2. The molecular formula is C71H124O5. The lowest BCUT2D eigenvalue weighted by Crippen LogP contribution is -2.28. The normalized spacial score (nSPS) is 12.8. The highest BCUT2D eigenvalue weighted by molar-refractivity contribution is 5.70. The molecule has 0 bridgehead atoms. The summed E-state index contributed by atoms with van der Waals surface area (Å²) in [4.78, 5) is 24.6. The molecule has 0 fully saturated rings. The van der Waals surface area contributed by atoms with Crippen molar-refractivity contribution in [3.05, 3.63) is 97.2 Å². The van der Waals surface area contributed by atoms with Gasteiger partial charge in [-0.15, -0.1) is 0 Å². The smallest absolute Gasteiger partial charge is 0.306 e. The predicted octanol–water partition coefficient (Wildman–Crippen LogP) is 22.6. The molecule has 0 amide bonds. The topological polar surface area (TPSA) is 72.8 Å². The van der Waals surface area contributed by atoms with Crippen LogP contribution in [0.2, 0.25) is 0 Å². The monoisotopic (exact) mass is 1060 g/mol. The minimum atomic E-state index is -0.777. The summed E-state index contributed by atoms with van der Waals surface area (Å²) in [6.45, 7) is 4.06. The van der Waals surface area contributed by atoms with E-state index < -0.39 is 6.10 Å². The minimum absolute atomic E-state index is 0.0666. The molecule has 0 aromatic carbocycles. The van der Waals surface area contributed by atoms with Crippen LogP contribution >= 0.6 is 0 Å². The van der Waals surface area contributed by atoms with Crippen LogP contribution in [0.4, 0.5) is 0 Å². The van der Waals surface area contributed by atoms with Gasteiger partial charge in [0.2, 0.25) is 0 Å². The van der Waals surface area contributed by atoms with E-state index in [-0.39, 0.29) is 25.2 Å². The van der Waals surface area contributed by atoms with Crippen LogP contribution < -0.4 is 0 Å². The number of ether oxygens (including phenoxy) is 2. The molecule has 0 aromatic heterocycles. The van der Waals surface area contributed by atoms with Gasteiger partial charge >= 0.3 is 11.9 Å². The van der Waals surface area contributed by atoms with Crippen LogP contribution in [0.25, 0.3) is 0 Å². The third-order valence-electron chi connectivity index (χ3n) is 14.4. The summed E-state index contributed by atoms with van der Waals surface area (Å²) >= 11 is 0. The number of aliphatic hydroxyl groups is 1. The molecule has 0 aliphatic carbocycles. The highest BCUT2D eigenvalue weighted by atomic mass is 16.6. The number of hydrogen-bond acceptors (Lipinski definition) is 5. The SMILES string of the molecule is CC/C=C\C/C=C\C/C=C\C/C=C\C/C=C\C/C=C\C/C=C\CCCCCCCCCCCCCCCC(=O)OC(CO)COC(=O)CCCCCCCCCCCCCCCCC/C=C\CCCCCCCCCC. The summed E-state index contributed by atoms with van der Waals surface area (Å²) in [5, 5.41) is 9.69. The van der Waals surface area contributed by atoms with E-state index in [1.54, 1.807) is 0 Å². The lowest BCUT2D eigenvalue weighted by molar-refractivity contribution is -0.161. The Bertz CT molecular complexity index is 1430. The molecular weight excluding hydrogens is 933 g/mol. The first-order valence-corrected chi connectivity index (χ1v) is 32.8. The van der Waals surface area contributed by atoms with E-state index in [1.165, 1.54) is 212 Å². The maximum atomic E-state index is 12.4. The van der Waals surface area contributed by atoms with Gasteiger partial charge in [0.25, 0.3) is 0 Å². The average Bonchev–Trinajstić information content (AvgIpc) is 3.42. The molecule has 0 spiro atoms. The van der Waals surface area contributed by atoms with Gasteiger partial charge in [0.15, 0.2) is 6.10 Å². The van der Waals surface area contributed by atoms with Gasteiger partial charge in [0.05, 0.1) is 6.61 Å². The zero-order valence-electron chi connectivity index (χ0n) is 50.3. The molecule has 438 valence electrons. The molecule has 0 aromatic rings. The van der Waals surface area contributed by atoms with Crippen LogP contribution in [-0.4, -0.2) is 36.4 Å². The fourth-order valence-electron chi connectivity index (χ4n) is 9.47. The highest BCUT2D eigenvalue weighted by Crippen LogP contribution is 2.17. The number of rotatable bonds is 60. The Kier molecular flexibility index (Phi) is 63.3. The van der Waals surface area contributed by atoms with E-state index in [0.717, 1.165) is 83.5 Å². The van der Waals surface area contributed by atoms with Crippen molar-refractivity contribution in [2.75, 3.05) is 13.2 Å². The van der Waals surface area contributed by atoms with E-state index in [4.69, 9.17) is 9.47 Å². The summed E-state index contributed by atoms with van der Waals surface area (Å²) < 4.78 is 10.7. The minimum Gasteiger partial charge on any atom is -0.462 e. The van der Waals surface area contributed by atoms with Crippen LogP contribution in [0, 0.1) is 0 Å². The van der Waals surface area contributed by atoms with Gasteiger partial charge in [0, 0.05) is 12.8 Å². The second-order valence-corrected chi connectivity index (χ2v) is 21.8. The Balaban J connectivity index is 3.48. The van der Waals surface area contributed by atoms with Gasteiger partial charge in [-0.1, -0.05) is 310 Å². The second kappa shape index (κ2) is 66.1. The van der Waals surface area contributed by atoms with Crippen LogP contribution in [0.5, 0.6) is 0 Å². The lowest BCUT2D eigenvalue weighted by atomic mass is 10.0. The van der Waals surface area contributed by atoms with Crippen LogP contribution in [0.3, 0.4) is 0 Å². The molecule has 1 N–H and O–H groups in total. The van der Waals surface area contributed by atoms with Crippen molar-refractivity contribution in [2.45, 2.75) is 328 Å². The van der Waals surface area contributed by atoms with Gasteiger partial charge in [-0.05, 0) is 96.3 Å². The zero-order chi connectivity index (χ0) is 54.8. The van der Waals surface area contributed by atoms with Crippen LogP contribution in [0.1, 0.15) is 322 Å². The largest absolute Gasteiger partial charge is 0.462 e. The number of esters is 2. The van der Waals surface area contributed by atoms with Gasteiger partial charge in [-0.3, -0.25) is 9.59 Å². The molecule has 1 unspecified atom stereocenters. The van der Waals surface area contributed by atoms with Gasteiger partial charge < -0.3 is 14.6 Å². The van der Waals surface area contributed by atoms with Gasteiger partial charge in [-0.25, -0.2) is 0 Å². The van der Waals surface area contributed by atoms with Crippen molar-refractivity contribution in [1.29, 1.82) is 0 Å². The molecule has 0 radical (unpaired) electrons. The number of carbonyl (C=O) groups is 2. The molecule has 1 atom stereocenters. The molecule has 0 aliphatic heterocycles. The number of aliphatic hydroxyl groups excluding tert-OH is 1. The quantitative estimate of drug-likeness (QED) is 0.0373. The first kappa shape index (κ1) is 72.8. The molecule has 5 nitrogen and oxygen atoms in total. The highest BCUT2D eigenvalue weighted by Gasteiger charge is 2.16. The molecule has 5 heteroatoms. The van der Waals surface area contributed by atoms with Crippen molar-refractivity contribution in [2.24, 2.45) is 0 Å². The molecule has 0 saturated carbocycles. The summed E-state index contributed by atoms with van der Waals surface area (Å²) in [5.74, 6) is -0.582. The molecule has 76 heavy (non-hydrogen) atoms. The molecule has 0 aliphatic rings. The number of hydrogen-bond donors (Lipinski definition) is 1. The van der Waals surface area contributed by atoms with Crippen molar-refractivity contribution in [3.63, 3.8) is 0 Å². The third-order valence-corrected chi connectivity index (χ3v) is 14.4. The fraction of sp³-hybridized carbons (Fsp3) is 0.746. The maximum absolute atomic E-state index is 12.4. The molecule has 0 heterocycles. The van der Waals surface area contributed by atoms with Crippen molar-refractivity contribution >= 4 is 11.9 Å². The summed E-state index contributed by atoms with van der Waals surface area (Å²) in [6, 6.07) is 0. The fourth-order valence-corrected chi connectivity index (χ4v) is 9.47. The lowest BCUT2D eigenvalue weighted by Gasteiger charge is -2.15. The Hall–Kier alpha value is -3.18. The van der Waals surface area contributed by atoms with Gasteiger partial charge in [0.1, 0.15) is 6.61 Å². The maximum Gasteiger partial charge on any atom is 0.306 e. The first-order chi connectivity index (χ1) is 37.6. The van der Waals surface area contributed by atoms with Crippen molar-refractivity contribution in [3.8, 4) is 0 Å². The standard InChI is InChI=1S/C71H124O5/c1-3-5-7-9-11-13-15-17-19-21-23-25-27-29-31-32-33-34-35-36-37-38-40-42-44-46-48-50-52-54-56-58-60-62-64-66-71(74)76-69(67-72)68-75-70(73)65-63-61-59-57-55-53-51-49-47-45-43-41-39-30-28-26-24-22-20-18-16-14-12-10-8-6-4-2/h5,7,11,13,17,19,22-25,29,31,33-34,36-37,69,72H,3-4,6,8-10,12,14-16,18,20-21,26-28,30,32,35,38-68H2,1-2H3/b7-5-,13-11-,19-17-,24-22-,25-23-,31-29-,34-33-,37-36-. The Morgan fingerprint density at radius 1 is 0.316 bits per heavy atom. The molecule has 0 saturated heterocycles. The van der Waals surface area contributed by atoms with E-state index in [1.807, 2.05) is 0 Å². The molecule has 0 rings (SSSR count). The third kappa shape index (κ3) is 63.4. The summed E-state index contributed by atoms with van der Waals surface area (Å²) in [5.41, 5.74) is 0. The Labute approximate surface area is 472 Å². The van der Waals surface area contributed by atoms with E-state index in [2.05, 4.69) is 111 Å². The van der Waals surface area contributed by atoms with Crippen molar-refractivity contribution < 1.29 is 24.2 Å². The number of unbranched alkanes of at least 4 members (excludes halogenated alkanes) is 36. The van der Waals surface area contributed by atoms with E-state index >= 15 is 0 Å². The average molecular weight is 1060 g/mol. The summed E-state index contributed by atoms with van der Waals surface area (Å²) in [6.07, 6.45) is 94.1. The van der Waals surface area contributed by atoms with Gasteiger partial charge in [-0.2, -0.15) is 0 Å².